The molecule has 25 heavy (non-hydrogen) atoms. The van der Waals surface area contributed by atoms with Gasteiger partial charge in [0.25, 0.3) is 5.91 Å². The minimum absolute atomic E-state index is 0.0268. The van der Waals surface area contributed by atoms with Gasteiger partial charge in [-0.25, -0.2) is 22.8 Å². The van der Waals surface area contributed by atoms with Gasteiger partial charge in [0.2, 0.25) is 5.95 Å². The van der Waals surface area contributed by atoms with Gasteiger partial charge in [-0.15, -0.1) is 0 Å². The van der Waals surface area contributed by atoms with Crippen LogP contribution >= 0.6 is 0 Å². The van der Waals surface area contributed by atoms with Crippen molar-refractivity contribution in [1.29, 1.82) is 0 Å². The fraction of sp³-hybridized carbons (Fsp3) is 0.312. The normalized spacial score (nSPS) is 18.7. The highest BCUT2D eigenvalue weighted by molar-refractivity contribution is 7.91. The molecule has 0 radical (unpaired) electrons. The SMILES string of the molecule is CN(C(=O)c1ccnc(Nc2ccc(F)cc2)n1)C1CCS(=O)(=O)C1. The zero-order valence-corrected chi connectivity index (χ0v) is 14.3. The van der Waals surface area contributed by atoms with Crippen LogP contribution in [0.2, 0.25) is 0 Å². The van der Waals surface area contributed by atoms with Gasteiger partial charge in [0, 0.05) is 25.0 Å². The second kappa shape index (κ2) is 6.75. The molecule has 132 valence electrons. The lowest BCUT2D eigenvalue weighted by Crippen LogP contribution is -2.38. The average Bonchev–Trinajstić information content (AvgIpc) is 2.96. The van der Waals surface area contributed by atoms with E-state index in [1.54, 1.807) is 7.05 Å². The van der Waals surface area contributed by atoms with Crippen molar-refractivity contribution in [3.63, 3.8) is 0 Å². The molecule has 0 aliphatic carbocycles. The van der Waals surface area contributed by atoms with E-state index >= 15 is 0 Å². The zero-order chi connectivity index (χ0) is 18.0. The molecule has 0 spiro atoms. The van der Waals surface area contributed by atoms with E-state index in [2.05, 4.69) is 15.3 Å². The van der Waals surface area contributed by atoms with Crippen molar-refractivity contribution in [2.75, 3.05) is 23.9 Å². The molecule has 0 saturated carbocycles. The maximum absolute atomic E-state index is 12.9. The first-order valence-electron chi connectivity index (χ1n) is 7.67. The number of benzene rings is 1. The van der Waals surface area contributed by atoms with E-state index in [0.717, 1.165) is 0 Å². The summed E-state index contributed by atoms with van der Waals surface area (Å²) in [6, 6.07) is 6.78. The van der Waals surface area contributed by atoms with E-state index in [1.807, 2.05) is 0 Å². The summed E-state index contributed by atoms with van der Waals surface area (Å²) < 4.78 is 36.1. The van der Waals surface area contributed by atoms with Crippen LogP contribution in [0.15, 0.2) is 36.5 Å². The summed E-state index contributed by atoms with van der Waals surface area (Å²) in [6.45, 7) is 0. The molecule has 2 aromatic rings. The number of anilines is 2. The van der Waals surface area contributed by atoms with Gasteiger partial charge >= 0.3 is 0 Å². The van der Waals surface area contributed by atoms with Gasteiger partial charge in [0.1, 0.15) is 11.5 Å². The summed E-state index contributed by atoms with van der Waals surface area (Å²) in [5, 5.41) is 2.89. The highest BCUT2D eigenvalue weighted by Gasteiger charge is 2.33. The topological polar surface area (TPSA) is 92.3 Å². The number of sulfone groups is 1. The number of aromatic nitrogens is 2. The molecule has 0 bridgehead atoms. The maximum Gasteiger partial charge on any atom is 0.272 e. The number of carbonyl (C=O) groups excluding carboxylic acids is 1. The first-order chi connectivity index (χ1) is 11.8. The number of carbonyl (C=O) groups is 1. The molecular weight excluding hydrogens is 347 g/mol. The fourth-order valence-corrected chi connectivity index (χ4v) is 4.40. The Labute approximate surface area is 144 Å². The molecular formula is C16H17FN4O3S. The lowest BCUT2D eigenvalue weighted by atomic mass is 10.2. The Morgan fingerprint density at radius 3 is 2.64 bits per heavy atom. The molecule has 3 rings (SSSR count). The number of hydrogen-bond acceptors (Lipinski definition) is 6. The van der Waals surface area contributed by atoms with Gasteiger partial charge in [-0.1, -0.05) is 0 Å². The van der Waals surface area contributed by atoms with Crippen molar-refractivity contribution >= 4 is 27.4 Å². The Morgan fingerprint density at radius 2 is 2.00 bits per heavy atom. The molecule has 1 amide bonds. The van der Waals surface area contributed by atoms with Gasteiger partial charge in [-0.3, -0.25) is 4.79 Å². The first kappa shape index (κ1) is 17.3. The smallest absolute Gasteiger partial charge is 0.272 e. The molecule has 9 heteroatoms. The van der Waals surface area contributed by atoms with Crippen molar-refractivity contribution in [2.24, 2.45) is 0 Å². The van der Waals surface area contributed by atoms with Crippen molar-refractivity contribution < 1.29 is 17.6 Å². The zero-order valence-electron chi connectivity index (χ0n) is 13.5. The van der Waals surface area contributed by atoms with Crippen LogP contribution in [0, 0.1) is 5.82 Å². The Hall–Kier alpha value is -2.55. The van der Waals surface area contributed by atoms with Gasteiger partial charge in [-0.05, 0) is 36.8 Å². The predicted molar refractivity (Wildman–Crippen MR) is 90.9 cm³/mol. The van der Waals surface area contributed by atoms with Crippen LogP contribution in [-0.2, 0) is 9.84 Å². The van der Waals surface area contributed by atoms with Crippen LogP contribution in [-0.4, -0.2) is 53.8 Å². The number of nitrogens with zero attached hydrogens (tertiary/aromatic N) is 3. The first-order valence-corrected chi connectivity index (χ1v) is 9.49. The Kier molecular flexibility index (Phi) is 4.67. The molecule has 1 aliphatic rings. The Balaban J connectivity index is 1.74. The summed E-state index contributed by atoms with van der Waals surface area (Å²) in [7, 11) is -1.51. The summed E-state index contributed by atoms with van der Waals surface area (Å²) >= 11 is 0. The van der Waals surface area contributed by atoms with Crippen LogP contribution in [0.5, 0.6) is 0 Å². The predicted octanol–water partition coefficient (Wildman–Crippen LogP) is 1.62. The Bertz CT molecular complexity index is 887. The molecule has 1 fully saturated rings. The number of nitrogens with one attached hydrogen (secondary N) is 1. The van der Waals surface area contributed by atoms with Crippen LogP contribution in [0.1, 0.15) is 16.9 Å². The highest BCUT2D eigenvalue weighted by Crippen LogP contribution is 2.19. The third-order valence-corrected chi connectivity index (χ3v) is 5.80. The van der Waals surface area contributed by atoms with Crippen LogP contribution in [0.25, 0.3) is 0 Å². The van der Waals surface area contributed by atoms with Gasteiger partial charge in [0.05, 0.1) is 11.5 Å². The summed E-state index contributed by atoms with van der Waals surface area (Å²) in [6.07, 6.45) is 1.86. The van der Waals surface area contributed by atoms with Gasteiger partial charge in [0.15, 0.2) is 9.84 Å². The van der Waals surface area contributed by atoms with Crippen molar-refractivity contribution in [3.05, 3.63) is 48.0 Å². The molecule has 2 heterocycles. The van der Waals surface area contributed by atoms with Crippen LogP contribution < -0.4 is 5.32 Å². The maximum atomic E-state index is 12.9. The van der Waals surface area contributed by atoms with Crippen molar-refractivity contribution in [3.8, 4) is 0 Å². The molecule has 1 atom stereocenters. The largest absolute Gasteiger partial charge is 0.336 e. The van der Waals surface area contributed by atoms with Crippen molar-refractivity contribution in [1.82, 2.24) is 14.9 Å². The lowest BCUT2D eigenvalue weighted by molar-refractivity contribution is 0.0741. The monoisotopic (exact) mass is 364 g/mol. The molecule has 1 aromatic heterocycles. The molecule has 7 nitrogen and oxygen atoms in total. The quantitative estimate of drug-likeness (QED) is 0.886. The van der Waals surface area contributed by atoms with Crippen molar-refractivity contribution in [2.45, 2.75) is 12.5 Å². The molecule has 1 aromatic carbocycles. The van der Waals surface area contributed by atoms with Gasteiger partial charge < -0.3 is 10.2 Å². The van der Waals surface area contributed by atoms with E-state index in [1.165, 1.54) is 41.4 Å². The average molecular weight is 364 g/mol. The van der Waals surface area contributed by atoms with E-state index in [9.17, 15) is 17.6 Å². The third kappa shape index (κ3) is 4.11. The minimum atomic E-state index is -3.08. The van der Waals surface area contributed by atoms with E-state index in [-0.39, 0.29) is 40.9 Å². The summed E-state index contributed by atoms with van der Waals surface area (Å²) in [5.41, 5.74) is 0.743. The molecule has 1 saturated heterocycles. The van der Waals surface area contributed by atoms with E-state index in [0.29, 0.717) is 12.1 Å². The summed E-state index contributed by atoms with van der Waals surface area (Å²) in [4.78, 5) is 22.2. The second-order valence-electron chi connectivity index (χ2n) is 5.87. The number of rotatable bonds is 4. The van der Waals surface area contributed by atoms with Crippen LogP contribution in [0.3, 0.4) is 0 Å². The fourth-order valence-electron chi connectivity index (χ4n) is 2.63. The number of hydrogen-bond donors (Lipinski definition) is 1. The van der Waals surface area contributed by atoms with Gasteiger partial charge in [-0.2, -0.15) is 0 Å². The molecule has 1 unspecified atom stereocenters. The van der Waals surface area contributed by atoms with E-state index in [4.69, 9.17) is 0 Å². The summed E-state index contributed by atoms with van der Waals surface area (Å²) in [5.74, 6) is -0.461. The number of halogens is 1. The molecule has 1 N–H and O–H groups in total. The second-order valence-corrected chi connectivity index (χ2v) is 8.10. The Morgan fingerprint density at radius 1 is 1.28 bits per heavy atom. The van der Waals surface area contributed by atoms with Crippen LogP contribution in [0.4, 0.5) is 16.0 Å². The third-order valence-electron chi connectivity index (χ3n) is 4.05. The van der Waals surface area contributed by atoms with E-state index < -0.39 is 9.84 Å². The lowest BCUT2D eigenvalue weighted by Gasteiger charge is -2.23. The standard InChI is InChI=1S/C16H17FN4O3S/c1-21(13-7-9-25(23,24)10-13)15(22)14-6-8-18-16(20-14)19-12-4-2-11(17)3-5-12/h2-6,8,13H,7,9-10H2,1H3,(H,18,19,20). The minimum Gasteiger partial charge on any atom is -0.336 e. The highest BCUT2D eigenvalue weighted by atomic mass is 32.2. The molecule has 1 aliphatic heterocycles. The number of amides is 1.